The molecular weight excluding hydrogens is 614 g/mol. The number of ether oxygens (including phenoxy) is 1. The average molecular weight is 660 g/mol. The molecule has 1 heterocycles. The number of aromatic nitrogens is 1. The Hall–Kier alpha value is -3.99. The van der Waals surface area contributed by atoms with Gasteiger partial charge in [0.2, 0.25) is 5.91 Å². The minimum Gasteiger partial charge on any atom is -0.466 e. The standard InChI is InChI=1S/C36H45F4N3O4/c1-10-47-31(45)18-29(27-16-26(15-24(7)33(27)37)32-22(5)13-21(4)14-23(32)6)41-35(46)34(20(2)3)43-19-25(11-12-42(8)9)28(17-30(43)44)36(38,39)40/h13-17,19-20,29,34H,10-12,18H2,1-9H3,(H,41,46). The summed E-state index contributed by atoms with van der Waals surface area (Å²) < 4.78 is 63.9. The molecule has 256 valence electrons. The van der Waals surface area contributed by atoms with E-state index in [0.29, 0.717) is 17.2 Å². The summed E-state index contributed by atoms with van der Waals surface area (Å²) in [5.41, 5.74) is 2.75. The Kier molecular flexibility index (Phi) is 12.2. The molecule has 2 atom stereocenters. The SMILES string of the molecule is CCOC(=O)CC(NC(=O)C(C(C)C)n1cc(CCN(C)C)c(C(F)(F)F)cc1=O)c1cc(-c2c(C)cc(C)cc2C)cc(C)c1F. The highest BCUT2D eigenvalue weighted by Gasteiger charge is 2.36. The van der Waals surface area contributed by atoms with E-state index in [-0.39, 0.29) is 30.7 Å². The van der Waals surface area contributed by atoms with E-state index in [1.165, 1.54) is 0 Å². The third-order valence-electron chi connectivity index (χ3n) is 8.11. The molecule has 0 aliphatic heterocycles. The number of aryl methyl sites for hydroxylation is 4. The molecule has 0 aliphatic carbocycles. The first kappa shape index (κ1) is 37.5. The first-order chi connectivity index (χ1) is 21.8. The first-order valence-electron chi connectivity index (χ1n) is 15.7. The fourth-order valence-electron chi connectivity index (χ4n) is 6.08. The summed E-state index contributed by atoms with van der Waals surface area (Å²) in [6.45, 7) is 12.8. The van der Waals surface area contributed by atoms with Crippen LogP contribution in [0.2, 0.25) is 0 Å². The molecule has 0 saturated heterocycles. The van der Waals surface area contributed by atoms with Gasteiger partial charge in [0.25, 0.3) is 5.56 Å². The molecule has 0 bridgehead atoms. The van der Waals surface area contributed by atoms with E-state index in [1.54, 1.807) is 58.8 Å². The molecule has 7 nitrogen and oxygen atoms in total. The number of hydrogen-bond acceptors (Lipinski definition) is 5. The maximum Gasteiger partial charge on any atom is 0.416 e. The second-order valence-corrected chi connectivity index (χ2v) is 12.7. The summed E-state index contributed by atoms with van der Waals surface area (Å²) in [4.78, 5) is 41.7. The van der Waals surface area contributed by atoms with Crippen molar-refractivity contribution in [1.82, 2.24) is 14.8 Å². The third kappa shape index (κ3) is 9.09. The lowest BCUT2D eigenvalue weighted by molar-refractivity contribution is -0.144. The molecule has 2 aromatic carbocycles. The van der Waals surface area contributed by atoms with Crippen LogP contribution < -0.4 is 10.9 Å². The molecule has 11 heteroatoms. The van der Waals surface area contributed by atoms with E-state index in [9.17, 15) is 27.6 Å². The van der Waals surface area contributed by atoms with Crippen molar-refractivity contribution in [3.63, 3.8) is 0 Å². The molecule has 1 N–H and O–H groups in total. The van der Waals surface area contributed by atoms with Crippen molar-refractivity contribution in [2.24, 2.45) is 5.92 Å². The van der Waals surface area contributed by atoms with Gasteiger partial charge in [-0.3, -0.25) is 14.4 Å². The summed E-state index contributed by atoms with van der Waals surface area (Å²) in [7, 11) is 3.43. The second-order valence-electron chi connectivity index (χ2n) is 12.7. The van der Waals surface area contributed by atoms with Crippen LogP contribution in [0.4, 0.5) is 17.6 Å². The molecule has 0 aliphatic rings. The van der Waals surface area contributed by atoms with Crippen LogP contribution in [0.3, 0.4) is 0 Å². The maximum atomic E-state index is 15.9. The second kappa shape index (κ2) is 15.3. The molecule has 0 saturated carbocycles. The van der Waals surface area contributed by atoms with Crippen LogP contribution in [-0.4, -0.2) is 48.6 Å². The number of nitrogens with one attached hydrogen (secondary N) is 1. The van der Waals surface area contributed by atoms with Gasteiger partial charge in [0.1, 0.15) is 11.9 Å². The highest BCUT2D eigenvalue weighted by Crippen LogP contribution is 2.35. The quantitative estimate of drug-likeness (QED) is 0.167. The predicted octanol–water partition coefficient (Wildman–Crippen LogP) is 7.02. The van der Waals surface area contributed by atoms with Gasteiger partial charge in [-0.15, -0.1) is 0 Å². The predicted molar refractivity (Wildman–Crippen MR) is 175 cm³/mol. The van der Waals surface area contributed by atoms with Crippen LogP contribution in [-0.2, 0) is 26.9 Å². The summed E-state index contributed by atoms with van der Waals surface area (Å²) in [5, 5.41) is 2.76. The van der Waals surface area contributed by atoms with Crippen molar-refractivity contribution >= 4 is 11.9 Å². The largest absolute Gasteiger partial charge is 0.466 e. The van der Waals surface area contributed by atoms with Crippen molar-refractivity contribution in [3.8, 4) is 11.1 Å². The Balaban J connectivity index is 2.16. The molecule has 1 aromatic heterocycles. The Morgan fingerprint density at radius 1 is 0.979 bits per heavy atom. The maximum absolute atomic E-state index is 15.9. The van der Waals surface area contributed by atoms with Crippen LogP contribution in [0.1, 0.15) is 78.2 Å². The zero-order valence-corrected chi connectivity index (χ0v) is 28.6. The minimum atomic E-state index is -4.77. The Bertz CT molecular complexity index is 1650. The molecular formula is C36H45F4N3O4. The number of benzene rings is 2. The van der Waals surface area contributed by atoms with Gasteiger partial charge in [0.05, 0.1) is 24.6 Å². The fourth-order valence-corrected chi connectivity index (χ4v) is 6.08. The zero-order valence-electron chi connectivity index (χ0n) is 28.6. The number of nitrogens with zero attached hydrogens (tertiary/aromatic N) is 2. The van der Waals surface area contributed by atoms with E-state index in [1.807, 2.05) is 32.9 Å². The normalized spacial score (nSPS) is 13.2. The number of hydrogen-bond donors (Lipinski definition) is 1. The smallest absolute Gasteiger partial charge is 0.416 e. The van der Waals surface area contributed by atoms with Crippen LogP contribution in [0.15, 0.2) is 41.3 Å². The molecule has 0 fully saturated rings. The minimum absolute atomic E-state index is 0.0187. The van der Waals surface area contributed by atoms with Gasteiger partial charge in [-0.2, -0.15) is 13.2 Å². The Morgan fingerprint density at radius 2 is 1.60 bits per heavy atom. The average Bonchev–Trinajstić information content (AvgIpc) is 2.93. The number of esters is 1. The molecule has 3 rings (SSSR count). The highest BCUT2D eigenvalue weighted by atomic mass is 19.4. The zero-order chi connectivity index (χ0) is 35.4. The first-order valence-corrected chi connectivity index (χ1v) is 15.7. The summed E-state index contributed by atoms with van der Waals surface area (Å²) >= 11 is 0. The summed E-state index contributed by atoms with van der Waals surface area (Å²) in [6.07, 6.45) is -4.11. The van der Waals surface area contributed by atoms with Crippen molar-refractivity contribution in [3.05, 3.63) is 91.6 Å². The van der Waals surface area contributed by atoms with Gasteiger partial charge >= 0.3 is 12.1 Å². The van der Waals surface area contributed by atoms with Crippen LogP contribution in [0.25, 0.3) is 11.1 Å². The Labute approximate surface area is 273 Å². The molecule has 2 unspecified atom stereocenters. The monoisotopic (exact) mass is 659 g/mol. The van der Waals surface area contributed by atoms with Crippen LogP contribution in [0.5, 0.6) is 0 Å². The lowest BCUT2D eigenvalue weighted by Crippen LogP contribution is -2.42. The number of halogens is 4. The number of rotatable bonds is 12. The molecule has 0 spiro atoms. The van der Waals surface area contributed by atoms with E-state index >= 15 is 4.39 Å². The van der Waals surface area contributed by atoms with Gasteiger partial charge in [-0.05, 0) is 107 Å². The molecule has 47 heavy (non-hydrogen) atoms. The van der Waals surface area contributed by atoms with Gasteiger partial charge in [0, 0.05) is 24.4 Å². The van der Waals surface area contributed by atoms with E-state index in [4.69, 9.17) is 4.74 Å². The van der Waals surface area contributed by atoms with Gasteiger partial charge in [-0.25, -0.2) is 4.39 Å². The van der Waals surface area contributed by atoms with Crippen molar-refractivity contribution in [2.45, 2.75) is 79.6 Å². The van der Waals surface area contributed by atoms with Crippen molar-refractivity contribution < 1.29 is 31.9 Å². The third-order valence-corrected chi connectivity index (χ3v) is 8.11. The number of likely N-dealkylation sites (N-methyl/N-ethyl adjacent to an activating group) is 1. The number of carbonyl (C=O) groups is 2. The Morgan fingerprint density at radius 3 is 2.13 bits per heavy atom. The summed E-state index contributed by atoms with van der Waals surface area (Å²) in [6, 6.07) is 5.39. The molecule has 1 amide bonds. The summed E-state index contributed by atoms with van der Waals surface area (Å²) in [5.74, 6) is -2.61. The molecule has 0 radical (unpaired) electrons. The van der Waals surface area contributed by atoms with Gasteiger partial charge in [0.15, 0.2) is 0 Å². The van der Waals surface area contributed by atoms with Crippen LogP contribution >= 0.6 is 0 Å². The fraction of sp³-hybridized carbons (Fsp3) is 0.472. The number of alkyl halides is 3. The van der Waals surface area contributed by atoms with E-state index in [0.717, 1.165) is 33.0 Å². The lowest BCUT2D eigenvalue weighted by atomic mass is 9.89. The highest BCUT2D eigenvalue weighted by molar-refractivity contribution is 5.82. The van der Waals surface area contributed by atoms with Crippen molar-refractivity contribution in [2.75, 3.05) is 27.2 Å². The topological polar surface area (TPSA) is 80.6 Å². The van der Waals surface area contributed by atoms with E-state index < -0.39 is 59.4 Å². The van der Waals surface area contributed by atoms with Gasteiger partial charge < -0.3 is 19.5 Å². The van der Waals surface area contributed by atoms with Crippen LogP contribution in [0, 0.1) is 39.4 Å². The van der Waals surface area contributed by atoms with Gasteiger partial charge in [-0.1, -0.05) is 31.5 Å². The molecule has 3 aromatic rings. The lowest BCUT2D eigenvalue weighted by Gasteiger charge is -2.28. The number of carbonyl (C=O) groups excluding carboxylic acids is 2. The van der Waals surface area contributed by atoms with E-state index in [2.05, 4.69) is 5.32 Å². The number of amides is 1. The number of pyridine rings is 1. The van der Waals surface area contributed by atoms with Crippen molar-refractivity contribution in [1.29, 1.82) is 0 Å².